The number of nitrogens with one attached hydrogen (secondary N) is 1. The van der Waals surface area contributed by atoms with Crippen molar-refractivity contribution in [1.29, 1.82) is 0 Å². The zero-order valence-corrected chi connectivity index (χ0v) is 7.72. The Balaban J connectivity index is 2.31. The summed E-state index contributed by atoms with van der Waals surface area (Å²) in [5.74, 6) is 0. The minimum atomic E-state index is 0.630. The lowest BCUT2D eigenvalue weighted by Gasteiger charge is -2.29. The van der Waals surface area contributed by atoms with Crippen molar-refractivity contribution in [2.24, 2.45) is 0 Å². The molecule has 0 bridgehead atoms. The van der Waals surface area contributed by atoms with E-state index in [9.17, 15) is 0 Å². The molecular weight excluding hydrogens is 146 g/mol. The molecule has 0 aliphatic carbocycles. The fourth-order valence-corrected chi connectivity index (χ4v) is 1.77. The van der Waals surface area contributed by atoms with Crippen molar-refractivity contribution >= 4 is 0 Å². The molecule has 1 heterocycles. The van der Waals surface area contributed by atoms with E-state index in [1.165, 1.54) is 29.7 Å². The van der Waals surface area contributed by atoms with Crippen LogP contribution in [0.4, 0.5) is 0 Å². The van der Waals surface area contributed by atoms with Gasteiger partial charge in [0, 0.05) is 6.04 Å². The van der Waals surface area contributed by atoms with Gasteiger partial charge in [-0.15, -0.1) is 0 Å². The highest BCUT2D eigenvalue weighted by atomic mass is 15.0. The summed E-state index contributed by atoms with van der Waals surface area (Å²) >= 11 is 0. The quantitative estimate of drug-likeness (QED) is 0.666. The zero-order valence-electron chi connectivity index (χ0n) is 7.72. The Hall–Kier alpha value is -0.820. The molecule has 1 atom stereocenters. The molecule has 1 N–H and O–H groups in total. The lowest BCUT2D eigenvalue weighted by Crippen LogP contribution is -2.35. The summed E-state index contributed by atoms with van der Waals surface area (Å²) in [4.78, 5) is 0. The molecule has 0 radical (unpaired) electrons. The first-order valence-electron chi connectivity index (χ1n) is 4.58. The summed E-state index contributed by atoms with van der Waals surface area (Å²) in [6.07, 6.45) is 1.30. The highest BCUT2D eigenvalue weighted by Gasteiger charge is 2.19. The summed E-state index contributed by atoms with van der Waals surface area (Å²) in [6, 6.07) is 7.34. The fourth-order valence-electron chi connectivity index (χ4n) is 1.77. The second kappa shape index (κ2) is 2.91. The van der Waals surface area contributed by atoms with Gasteiger partial charge < -0.3 is 5.32 Å². The lowest BCUT2D eigenvalue weighted by atomic mass is 9.93. The standard InChI is InChI=1S/C11H15N/c1-8-3-4-10(9(2)7-8)11-5-6-12-11/h3-4,7,11-12H,5-6H2,1-2H3/t11-/m1/s1. The van der Waals surface area contributed by atoms with Crippen LogP contribution in [-0.4, -0.2) is 6.54 Å². The minimum absolute atomic E-state index is 0.630. The molecule has 1 heteroatoms. The maximum Gasteiger partial charge on any atom is 0.0334 e. The highest BCUT2D eigenvalue weighted by Crippen LogP contribution is 2.25. The van der Waals surface area contributed by atoms with Crippen molar-refractivity contribution in [3.63, 3.8) is 0 Å². The monoisotopic (exact) mass is 161 g/mol. The van der Waals surface area contributed by atoms with Gasteiger partial charge in [-0.05, 0) is 37.9 Å². The fraction of sp³-hybridized carbons (Fsp3) is 0.455. The van der Waals surface area contributed by atoms with E-state index in [2.05, 4.69) is 37.4 Å². The van der Waals surface area contributed by atoms with Gasteiger partial charge in [-0.2, -0.15) is 0 Å². The largest absolute Gasteiger partial charge is 0.310 e. The maximum absolute atomic E-state index is 3.42. The van der Waals surface area contributed by atoms with Crippen molar-refractivity contribution in [3.05, 3.63) is 34.9 Å². The molecule has 1 aliphatic heterocycles. The molecule has 0 amide bonds. The molecule has 0 aromatic heterocycles. The molecule has 1 saturated heterocycles. The zero-order chi connectivity index (χ0) is 8.55. The van der Waals surface area contributed by atoms with E-state index < -0.39 is 0 Å². The van der Waals surface area contributed by atoms with E-state index in [1.54, 1.807) is 0 Å². The van der Waals surface area contributed by atoms with Gasteiger partial charge in [0.25, 0.3) is 0 Å². The summed E-state index contributed by atoms with van der Waals surface area (Å²) in [7, 11) is 0. The smallest absolute Gasteiger partial charge is 0.0334 e. The summed E-state index contributed by atoms with van der Waals surface area (Å²) in [5.41, 5.74) is 4.26. The van der Waals surface area contributed by atoms with Gasteiger partial charge in [-0.25, -0.2) is 0 Å². The Labute approximate surface area is 73.8 Å². The van der Waals surface area contributed by atoms with Crippen LogP contribution in [0, 0.1) is 13.8 Å². The average molecular weight is 161 g/mol. The van der Waals surface area contributed by atoms with E-state index in [-0.39, 0.29) is 0 Å². The van der Waals surface area contributed by atoms with Crippen LogP contribution >= 0.6 is 0 Å². The van der Waals surface area contributed by atoms with Gasteiger partial charge in [0.05, 0.1) is 0 Å². The van der Waals surface area contributed by atoms with Gasteiger partial charge in [0.15, 0.2) is 0 Å². The van der Waals surface area contributed by atoms with Crippen LogP contribution in [0.2, 0.25) is 0 Å². The third kappa shape index (κ3) is 1.25. The molecule has 1 aliphatic rings. The first-order chi connectivity index (χ1) is 5.77. The topological polar surface area (TPSA) is 12.0 Å². The number of aryl methyl sites for hydroxylation is 2. The predicted octanol–water partition coefficient (Wildman–Crippen LogP) is 2.34. The molecule has 12 heavy (non-hydrogen) atoms. The Bertz CT molecular complexity index is 287. The van der Waals surface area contributed by atoms with Crippen LogP contribution in [-0.2, 0) is 0 Å². The van der Waals surface area contributed by atoms with E-state index >= 15 is 0 Å². The number of benzene rings is 1. The van der Waals surface area contributed by atoms with Crippen molar-refractivity contribution < 1.29 is 0 Å². The first kappa shape index (κ1) is 7.81. The molecule has 0 spiro atoms. The van der Waals surface area contributed by atoms with Crippen LogP contribution in [0.1, 0.15) is 29.2 Å². The molecular formula is C11H15N. The Morgan fingerprint density at radius 3 is 2.58 bits per heavy atom. The lowest BCUT2D eigenvalue weighted by molar-refractivity contribution is 0.382. The van der Waals surface area contributed by atoms with Crippen LogP contribution in [0.3, 0.4) is 0 Å². The molecule has 2 rings (SSSR count). The Morgan fingerprint density at radius 1 is 1.33 bits per heavy atom. The third-order valence-electron chi connectivity index (χ3n) is 2.62. The van der Waals surface area contributed by atoms with E-state index in [0.717, 1.165) is 0 Å². The van der Waals surface area contributed by atoms with Crippen LogP contribution < -0.4 is 5.32 Å². The Morgan fingerprint density at radius 2 is 2.08 bits per heavy atom. The minimum Gasteiger partial charge on any atom is -0.310 e. The first-order valence-corrected chi connectivity index (χ1v) is 4.58. The summed E-state index contributed by atoms with van der Waals surface area (Å²) < 4.78 is 0. The summed E-state index contributed by atoms with van der Waals surface area (Å²) in [5, 5.41) is 3.42. The van der Waals surface area contributed by atoms with Crippen LogP contribution in [0.15, 0.2) is 18.2 Å². The van der Waals surface area contributed by atoms with Gasteiger partial charge in [-0.1, -0.05) is 23.8 Å². The molecule has 1 fully saturated rings. The number of hydrogen-bond donors (Lipinski definition) is 1. The van der Waals surface area contributed by atoms with Gasteiger partial charge in [0.2, 0.25) is 0 Å². The molecule has 64 valence electrons. The normalized spacial score (nSPS) is 22.0. The van der Waals surface area contributed by atoms with Gasteiger partial charge >= 0.3 is 0 Å². The number of rotatable bonds is 1. The van der Waals surface area contributed by atoms with Gasteiger partial charge in [0.1, 0.15) is 0 Å². The summed E-state index contributed by atoms with van der Waals surface area (Å²) in [6.45, 7) is 5.52. The van der Waals surface area contributed by atoms with Gasteiger partial charge in [-0.3, -0.25) is 0 Å². The maximum atomic E-state index is 3.42. The molecule has 1 nitrogen and oxygen atoms in total. The van der Waals surface area contributed by atoms with E-state index in [0.29, 0.717) is 6.04 Å². The molecule has 1 aromatic carbocycles. The van der Waals surface area contributed by atoms with Crippen molar-refractivity contribution in [3.8, 4) is 0 Å². The SMILES string of the molecule is Cc1ccc([C@H]2CCN2)c(C)c1. The van der Waals surface area contributed by atoms with Crippen molar-refractivity contribution in [2.45, 2.75) is 26.3 Å². The second-order valence-electron chi connectivity index (χ2n) is 3.66. The molecule has 0 unspecified atom stereocenters. The van der Waals surface area contributed by atoms with Crippen molar-refractivity contribution in [1.82, 2.24) is 5.32 Å². The predicted molar refractivity (Wildman–Crippen MR) is 51.3 cm³/mol. The highest BCUT2D eigenvalue weighted by molar-refractivity contribution is 5.33. The molecule has 1 aromatic rings. The van der Waals surface area contributed by atoms with Crippen LogP contribution in [0.5, 0.6) is 0 Å². The van der Waals surface area contributed by atoms with E-state index in [4.69, 9.17) is 0 Å². The van der Waals surface area contributed by atoms with Crippen molar-refractivity contribution in [2.75, 3.05) is 6.54 Å². The van der Waals surface area contributed by atoms with Crippen LogP contribution in [0.25, 0.3) is 0 Å². The van der Waals surface area contributed by atoms with E-state index in [1.807, 2.05) is 0 Å². The second-order valence-corrected chi connectivity index (χ2v) is 3.66. The Kier molecular flexibility index (Phi) is 1.89. The average Bonchev–Trinajstić information content (AvgIpc) is 1.91. The molecule has 0 saturated carbocycles. The third-order valence-corrected chi connectivity index (χ3v) is 2.62. The number of hydrogen-bond acceptors (Lipinski definition) is 1.